The predicted octanol–water partition coefficient (Wildman–Crippen LogP) is 1.98. The Labute approximate surface area is 98.1 Å². The minimum absolute atomic E-state index is 0.0184. The first-order valence-electron chi connectivity index (χ1n) is 5.44. The highest BCUT2D eigenvalue weighted by Gasteiger charge is 2.05. The number of rotatable bonds is 4. The maximum atomic E-state index is 11.3. The second-order valence-corrected chi connectivity index (χ2v) is 3.16. The van der Waals surface area contributed by atoms with Crippen molar-refractivity contribution in [1.82, 2.24) is 5.06 Å². The highest BCUT2D eigenvalue weighted by Crippen LogP contribution is 1.98. The summed E-state index contributed by atoms with van der Waals surface area (Å²) in [6.45, 7) is 2.01. The fourth-order valence-corrected chi connectivity index (χ4v) is 0.970. The lowest BCUT2D eigenvalue weighted by molar-refractivity contribution is -0.168. The molecule has 0 aromatic carbocycles. The van der Waals surface area contributed by atoms with Crippen LogP contribution in [0.15, 0.2) is 0 Å². The second-order valence-electron chi connectivity index (χ2n) is 3.16. The molecule has 0 aromatic heterocycles. The topological polar surface area (TPSA) is 29.5 Å². The van der Waals surface area contributed by atoms with Crippen LogP contribution in [0.1, 0.15) is 39.0 Å². The summed E-state index contributed by atoms with van der Waals surface area (Å²) in [6, 6.07) is 0. The van der Waals surface area contributed by atoms with E-state index >= 15 is 0 Å². The summed E-state index contributed by atoms with van der Waals surface area (Å²) in [6.07, 6.45) is 3.47. The van der Waals surface area contributed by atoms with Crippen molar-refractivity contribution in [3.05, 3.63) is 0 Å². The second kappa shape index (κ2) is 10.1. The molecule has 0 saturated heterocycles. The van der Waals surface area contributed by atoms with E-state index in [9.17, 15) is 4.79 Å². The summed E-state index contributed by atoms with van der Waals surface area (Å²) in [5, 5.41) is 1.24. The standard InChI is InChI=1S/C13H19NO2/c1-4-5-6-7-8-9-10-11-12-13(15)14(2)16-3/h4,7,10-12H2,1-3H3. The molecule has 3 heteroatoms. The molecule has 0 saturated carbocycles. The maximum Gasteiger partial charge on any atom is 0.245 e. The minimum atomic E-state index is -0.0184. The molecule has 0 aliphatic heterocycles. The average molecular weight is 221 g/mol. The molecule has 0 bridgehead atoms. The van der Waals surface area contributed by atoms with Crippen molar-refractivity contribution >= 4 is 5.91 Å². The molecule has 16 heavy (non-hydrogen) atoms. The number of nitrogens with zero attached hydrogens (tertiary/aromatic N) is 1. The normalized spacial score (nSPS) is 8.44. The number of hydrogen-bond acceptors (Lipinski definition) is 2. The Morgan fingerprint density at radius 2 is 1.94 bits per heavy atom. The van der Waals surface area contributed by atoms with E-state index < -0.39 is 0 Å². The number of hydrogen-bond donors (Lipinski definition) is 0. The number of carbonyl (C=O) groups is 1. The van der Waals surface area contributed by atoms with Crippen molar-refractivity contribution in [1.29, 1.82) is 0 Å². The molecule has 0 aliphatic rings. The molecule has 0 unspecified atom stereocenters. The molecule has 0 fully saturated rings. The van der Waals surface area contributed by atoms with Gasteiger partial charge in [0.2, 0.25) is 5.91 Å². The van der Waals surface area contributed by atoms with Crippen molar-refractivity contribution in [2.45, 2.75) is 39.0 Å². The predicted molar refractivity (Wildman–Crippen MR) is 64.1 cm³/mol. The van der Waals surface area contributed by atoms with Crippen LogP contribution in [0.25, 0.3) is 0 Å². The van der Waals surface area contributed by atoms with Crippen molar-refractivity contribution < 1.29 is 9.63 Å². The van der Waals surface area contributed by atoms with Crippen molar-refractivity contribution in [3.63, 3.8) is 0 Å². The van der Waals surface area contributed by atoms with Crippen LogP contribution in [0.5, 0.6) is 0 Å². The van der Waals surface area contributed by atoms with Crippen LogP contribution in [-0.2, 0) is 9.63 Å². The zero-order valence-corrected chi connectivity index (χ0v) is 10.3. The number of unbranched alkanes of at least 4 members (excludes halogenated alkanes) is 1. The van der Waals surface area contributed by atoms with E-state index in [4.69, 9.17) is 4.84 Å². The van der Waals surface area contributed by atoms with Crippen molar-refractivity contribution in [2.75, 3.05) is 14.2 Å². The van der Waals surface area contributed by atoms with Gasteiger partial charge in [-0.3, -0.25) is 9.63 Å². The van der Waals surface area contributed by atoms with Gasteiger partial charge in [0.1, 0.15) is 0 Å². The van der Waals surface area contributed by atoms with Gasteiger partial charge in [0.25, 0.3) is 0 Å². The van der Waals surface area contributed by atoms with E-state index in [0.717, 1.165) is 19.3 Å². The zero-order chi connectivity index (χ0) is 12.2. The molecule has 0 aromatic rings. The Bertz CT molecular complexity index is 314. The smallest absolute Gasteiger partial charge is 0.245 e. The third-order valence-electron chi connectivity index (χ3n) is 1.92. The highest BCUT2D eigenvalue weighted by molar-refractivity contribution is 5.74. The van der Waals surface area contributed by atoms with Crippen LogP contribution in [0.2, 0.25) is 0 Å². The Balaban J connectivity index is 3.56. The molecule has 0 heterocycles. The molecule has 0 aliphatic carbocycles. The fourth-order valence-electron chi connectivity index (χ4n) is 0.970. The van der Waals surface area contributed by atoms with E-state index in [0.29, 0.717) is 12.8 Å². The summed E-state index contributed by atoms with van der Waals surface area (Å²) < 4.78 is 0. The average Bonchev–Trinajstić information content (AvgIpc) is 2.31. The third kappa shape index (κ3) is 7.91. The van der Waals surface area contributed by atoms with E-state index in [2.05, 4.69) is 23.7 Å². The van der Waals surface area contributed by atoms with Gasteiger partial charge in [-0.2, -0.15) is 0 Å². The Morgan fingerprint density at radius 3 is 2.56 bits per heavy atom. The fraction of sp³-hybridized carbons (Fsp3) is 0.615. The van der Waals surface area contributed by atoms with E-state index in [1.54, 1.807) is 7.05 Å². The lowest BCUT2D eigenvalue weighted by Gasteiger charge is -2.12. The number of amides is 1. The van der Waals surface area contributed by atoms with E-state index in [-0.39, 0.29) is 5.91 Å². The largest absolute Gasteiger partial charge is 0.275 e. The van der Waals surface area contributed by atoms with Gasteiger partial charge in [0, 0.05) is 26.3 Å². The Hall–Kier alpha value is -1.45. The Morgan fingerprint density at radius 1 is 1.25 bits per heavy atom. The van der Waals surface area contributed by atoms with Gasteiger partial charge in [0.05, 0.1) is 13.5 Å². The summed E-state index contributed by atoms with van der Waals surface area (Å²) in [7, 11) is 3.08. The van der Waals surface area contributed by atoms with Crippen LogP contribution < -0.4 is 0 Å². The molecule has 3 nitrogen and oxygen atoms in total. The summed E-state index contributed by atoms with van der Waals surface area (Å²) >= 11 is 0. The molecule has 0 N–H and O–H groups in total. The van der Waals surface area contributed by atoms with Crippen LogP contribution in [0.3, 0.4) is 0 Å². The maximum absolute atomic E-state index is 11.3. The molecule has 0 rings (SSSR count). The third-order valence-corrected chi connectivity index (χ3v) is 1.92. The lowest BCUT2D eigenvalue weighted by Crippen LogP contribution is -2.24. The van der Waals surface area contributed by atoms with Crippen molar-refractivity contribution in [3.8, 4) is 23.7 Å². The van der Waals surface area contributed by atoms with Crippen LogP contribution >= 0.6 is 0 Å². The number of hydroxylamine groups is 2. The molecule has 0 radical (unpaired) electrons. The van der Waals surface area contributed by atoms with Gasteiger partial charge < -0.3 is 0 Å². The summed E-state index contributed by atoms with van der Waals surface area (Å²) in [5.41, 5.74) is 0. The van der Waals surface area contributed by atoms with Gasteiger partial charge >= 0.3 is 0 Å². The van der Waals surface area contributed by atoms with Gasteiger partial charge in [-0.05, 0) is 6.42 Å². The molecule has 88 valence electrons. The first-order chi connectivity index (χ1) is 7.72. The van der Waals surface area contributed by atoms with Crippen LogP contribution in [-0.4, -0.2) is 25.1 Å². The molecule has 0 spiro atoms. The van der Waals surface area contributed by atoms with E-state index in [1.807, 2.05) is 6.92 Å². The van der Waals surface area contributed by atoms with E-state index in [1.165, 1.54) is 12.2 Å². The minimum Gasteiger partial charge on any atom is -0.275 e. The zero-order valence-electron chi connectivity index (χ0n) is 10.3. The molecule has 0 atom stereocenters. The van der Waals surface area contributed by atoms with Gasteiger partial charge in [0.15, 0.2) is 0 Å². The monoisotopic (exact) mass is 221 g/mol. The first kappa shape index (κ1) is 14.6. The quantitative estimate of drug-likeness (QED) is 0.413. The highest BCUT2D eigenvalue weighted by atomic mass is 16.7. The first-order valence-corrected chi connectivity index (χ1v) is 5.44. The SMILES string of the molecule is CCC#CCC#CCCCC(=O)N(C)OC. The van der Waals surface area contributed by atoms with Gasteiger partial charge in [-0.1, -0.05) is 18.8 Å². The van der Waals surface area contributed by atoms with Crippen LogP contribution in [0.4, 0.5) is 0 Å². The molecular formula is C13H19NO2. The Kier molecular flexibility index (Phi) is 9.17. The number of carbonyl (C=O) groups excluding carboxylic acids is 1. The molecular weight excluding hydrogens is 202 g/mol. The lowest BCUT2D eigenvalue weighted by atomic mass is 10.2. The molecule has 1 amide bonds. The van der Waals surface area contributed by atoms with Crippen molar-refractivity contribution in [2.24, 2.45) is 0 Å². The van der Waals surface area contributed by atoms with Gasteiger partial charge in [-0.15, -0.1) is 11.8 Å². The summed E-state index contributed by atoms with van der Waals surface area (Å²) in [4.78, 5) is 16.0. The summed E-state index contributed by atoms with van der Waals surface area (Å²) in [5.74, 6) is 11.8. The van der Waals surface area contributed by atoms with Crippen LogP contribution in [0, 0.1) is 23.7 Å². The van der Waals surface area contributed by atoms with Gasteiger partial charge in [-0.25, -0.2) is 5.06 Å².